The summed E-state index contributed by atoms with van der Waals surface area (Å²) >= 11 is 0. The summed E-state index contributed by atoms with van der Waals surface area (Å²) in [7, 11) is 7.47. The maximum absolute atomic E-state index is 5.75. The van der Waals surface area contributed by atoms with Gasteiger partial charge in [-0.05, 0) is 5.21 Å². The van der Waals surface area contributed by atoms with Crippen molar-refractivity contribution >= 4 is 28.6 Å². The van der Waals surface area contributed by atoms with Crippen molar-refractivity contribution in [2.24, 2.45) is 0 Å². The SMILES string of the molecule is CN(C)c1nc(N(C)C)c2nnnc(N)c2n1. The lowest BCUT2D eigenvalue weighted by Gasteiger charge is -2.17. The van der Waals surface area contributed by atoms with Gasteiger partial charge in [0.25, 0.3) is 0 Å². The average Bonchev–Trinajstić information content (AvgIpc) is 2.28. The zero-order valence-corrected chi connectivity index (χ0v) is 10.2. The molecule has 2 aromatic rings. The lowest BCUT2D eigenvalue weighted by Crippen LogP contribution is -2.18. The summed E-state index contributed by atoms with van der Waals surface area (Å²) in [6, 6.07) is 0. The van der Waals surface area contributed by atoms with E-state index in [0.29, 0.717) is 22.8 Å². The van der Waals surface area contributed by atoms with Crippen molar-refractivity contribution in [3.05, 3.63) is 0 Å². The molecule has 0 bridgehead atoms. The highest BCUT2D eigenvalue weighted by Crippen LogP contribution is 2.24. The van der Waals surface area contributed by atoms with Gasteiger partial charge in [0.2, 0.25) is 5.95 Å². The van der Waals surface area contributed by atoms with Gasteiger partial charge in [-0.25, -0.2) is 4.98 Å². The topological polar surface area (TPSA) is 97.0 Å². The normalized spacial score (nSPS) is 10.6. The molecule has 8 heteroatoms. The molecule has 0 aromatic carbocycles. The predicted molar refractivity (Wildman–Crippen MR) is 66.0 cm³/mol. The fraction of sp³-hybridized carbons (Fsp3) is 0.444. The van der Waals surface area contributed by atoms with Crippen LogP contribution in [0.5, 0.6) is 0 Å². The lowest BCUT2D eigenvalue weighted by molar-refractivity contribution is 0.886. The zero-order valence-electron chi connectivity index (χ0n) is 10.2. The molecule has 0 aliphatic rings. The van der Waals surface area contributed by atoms with Crippen molar-refractivity contribution in [2.75, 3.05) is 43.7 Å². The minimum Gasteiger partial charge on any atom is -0.380 e. The van der Waals surface area contributed by atoms with Crippen LogP contribution in [0.15, 0.2) is 0 Å². The number of nitrogens with zero attached hydrogens (tertiary/aromatic N) is 7. The summed E-state index contributed by atoms with van der Waals surface area (Å²) in [5, 5.41) is 11.2. The van der Waals surface area contributed by atoms with E-state index in [2.05, 4.69) is 25.4 Å². The van der Waals surface area contributed by atoms with E-state index in [1.807, 2.05) is 33.1 Å². The molecule has 2 heterocycles. The van der Waals surface area contributed by atoms with E-state index >= 15 is 0 Å². The highest BCUT2D eigenvalue weighted by molar-refractivity contribution is 5.92. The van der Waals surface area contributed by atoms with Gasteiger partial charge in [-0.15, -0.1) is 10.2 Å². The van der Waals surface area contributed by atoms with Gasteiger partial charge in [-0.2, -0.15) is 4.98 Å². The molecule has 8 nitrogen and oxygen atoms in total. The third kappa shape index (κ3) is 1.88. The van der Waals surface area contributed by atoms with E-state index < -0.39 is 0 Å². The molecule has 2 N–H and O–H groups in total. The minimum atomic E-state index is 0.253. The van der Waals surface area contributed by atoms with Crippen LogP contribution in [-0.4, -0.2) is 53.6 Å². The highest BCUT2D eigenvalue weighted by atomic mass is 15.3. The van der Waals surface area contributed by atoms with Crippen LogP contribution in [0.4, 0.5) is 17.6 Å². The largest absolute Gasteiger partial charge is 0.380 e. The summed E-state index contributed by atoms with van der Waals surface area (Å²) in [6.07, 6.45) is 0. The quantitative estimate of drug-likeness (QED) is 0.744. The van der Waals surface area contributed by atoms with E-state index in [9.17, 15) is 0 Å². The van der Waals surface area contributed by atoms with Crippen LogP contribution in [0.3, 0.4) is 0 Å². The van der Waals surface area contributed by atoms with Crippen LogP contribution < -0.4 is 15.5 Å². The van der Waals surface area contributed by atoms with Gasteiger partial charge in [0.05, 0.1) is 0 Å². The number of fused-ring (bicyclic) bond motifs is 1. The van der Waals surface area contributed by atoms with Crippen LogP contribution in [-0.2, 0) is 0 Å². The second-order valence-electron chi connectivity index (χ2n) is 4.01. The van der Waals surface area contributed by atoms with Crippen LogP contribution in [0.2, 0.25) is 0 Å². The number of aromatic nitrogens is 5. The Hall–Kier alpha value is -2.25. The van der Waals surface area contributed by atoms with Gasteiger partial charge in [0.15, 0.2) is 17.2 Å². The first-order chi connectivity index (χ1) is 8.00. The van der Waals surface area contributed by atoms with Crippen molar-refractivity contribution < 1.29 is 0 Å². The maximum Gasteiger partial charge on any atom is 0.227 e. The van der Waals surface area contributed by atoms with E-state index in [4.69, 9.17) is 5.73 Å². The van der Waals surface area contributed by atoms with Crippen LogP contribution in [0.1, 0.15) is 0 Å². The Balaban J connectivity index is 2.81. The molecule has 0 unspecified atom stereocenters. The molecule has 0 fully saturated rings. The molecule has 0 aliphatic carbocycles. The second kappa shape index (κ2) is 3.96. The summed E-state index contributed by atoms with van der Waals surface area (Å²) in [4.78, 5) is 12.3. The highest BCUT2D eigenvalue weighted by Gasteiger charge is 2.14. The molecule has 2 aromatic heterocycles. The minimum absolute atomic E-state index is 0.253. The monoisotopic (exact) mass is 234 g/mol. The number of nitrogens with two attached hydrogens (primary N) is 1. The second-order valence-corrected chi connectivity index (χ2v) is 4.01. The van der Waals surface area contributed by atoms with Crippen molar-refractivity contribution in [3.8, 4) is 0 Å². The first-order valence-electron chi connectivity index (χ1n) is 5.02. The maximum atomic E-state index is 5.75. The van der Waals surface area contributed by atoms with E-state index in [-0.39, 0.29) is 5.82 Å². The van der Waals surface area contributed by atoms with Gasteiger partial charge in [0.1, 0.15) is 5.52 Å². The van der Waals surface area contributed by atoms with Crippen LogP contribution >= 0.6 is 0 Å². The molecule has 0 spiro atoms. The smallest absolute Gasteiger partial charge is 0.227 e. The summed E-state index contributed by atoms with van der Waals surface area (Å²) in [5.74, 6) is 1.48. The molecule has 2 rings (SSSR count). The lowest BCUT2D eigenvalue weighted by atomic mass is 10.4. The molecule has 90 valence electrons. The Morgan fingerprint density at radius 1 is 0.882 bits per heavy atom. The number of nitrogen functional groups attached to an aromatic ring is 1. The molecular weight excluding hydrogens is 220 g/mol. The standard InChI is InChI=1S/C9H14N8/c1-16(2)8-6-5(7(10)14-15-13-6)11-9(12-8)17(3)4/h1-4H3,(H2,10,13,14). The Bertz CT molecular complexity index is 550. The third-order valence-electron chi connectivity index (χ3n) is 2.22. The molecule has 0 saturated heterocycles. The molecule has 0 amide bonds. The molecular formula is C9H14N8. The van der Waals surface area contributed by atoms with E-state index in [0.717, 1.165) is 0 Å². The number of hydrogen-bond acceptors (Lipinski definition) is 8. The van der Waals surface area contributed by atoms with Gasteiger partial charge in [0, 0.05) is 28.2 Å². The van der Waals surface area contributed by atoms with E-state index in [1.54, 1.807) is 4.90 Å². The third-order valence-corrected chi connectivity index (χ3v) is 2.22. The first kappa shape index (κ1) is 11.2. The first-order valence-corrected chi connectivity index (χ1v) is 5.02. The summed E-state index contributed by atoms with van der Waals surface area (Å²) in [5.41, 5.74) is 6.82. The number of hydrogen-bond donors (Lipinski definition) is 1. The summed E-state index contributed by atoms with van der Waals surface area (Å²) < 4.78 is 0. The van der Waals surface area contributed by atoms with Crippen molar-refractivity contribution in [1.82, 2.24) is 25.4 Å². The van der Waals surface area contributed by atoms with Crippen LogP contribution in [0.25, 0.3) is 11.0 Å². The Labute approximate surface area is 98.5 Å². The number of rotatable bonds is 2. The van der Waals surface area contributed by atoms with Gasteiger partial charge < -0.3 is 15.5 Å². The average molecular weight is 234 g/mol. The predicted octanol–water partition coefficient (Wildman–Crippen LogP) is -0.471. The Morgan fingerprint density at radius 3 is 2.18 bits per heavy atom. The molecule has 0 saturated carbocycles. The van der Waals surface area contributed by atoms with Gasteiger partial charge in [-0.3, -0.25) is 0 Å². The fourth-order valence-corrected chi connectivity index (χ4v) is 1.38. The molecule has 17 heavy (non-hydrogen) atoms. The van der Waals surface area contributed by atoms with Crippen LogP contribution in [0, 0.1) is 0 Å². The van der Waals surface area contributed by atoms with Gasteiger partial charge >= 0.3 is 0 Å². The zero-order chi connectivity index (χ0) is 12.6. The van der Waals surface area contributed by atoms with E-state index in [1.165, 1.54) is 0 Å². The fourth-order valence-electron chi connectivity index (χ4n) is 1.38. The van der Waals surface area contributed by atoms with Crippen molar-refractivity contribution in [3.63, 3.8) is 0 Å². The Kier molecular flexibility index (Phi) is 2.62. The molecule has 0 aliphatic heterocycles. The molecule has 0 atom stereocenters. The van der Waals surface area contributed by atoms with Gasteiger partial charge in [-0.1, -0.05) is 0 Å². The summed E-state index contributed by atoms with van der Waals surface area (Å²) in [6.45, 7) is 0. The Morgan fingerprint density at radius 2 is 1.59 bits per heavy atom. The van der Waals surface area contributed by atoms with Crippen molar-refractivity contribution in [1.29, 1.82) is 0 Å². The van der Waals surface area contributed by atoms with Crippen molar-refractivity contribution in [2.45, 2.75) is 0 Å². The number of anilines is 3. The molecule has 0 radical (unpaired) electrons.